The van der Waals surface area contributed by atoms with Crippen molar-refractivity contribution in [3.63, 3.8) is 0 Å². The van der Waals surface area contributed by atoms with Gasteiger partial charge in [0.2, 0.25) is 0 Å². The number of aryl methyl sites for hydroxylation is 1. The van der Waals surface area contributed by atoms with Crippen LogP contribution >= 0.6 is 0 Å². The maximum absolute atomic E-state index is 12.9. The van der Waals surface area contributed by atoms with Crippen LogP contribution in [0.3, 0.4) is 0 Å². The smallest absolute Gasteiger partial charge is 0.310 e. The molecule has 0 radical (unpaired) electrons. The van der Waals surface area contributed by atoms with Crippen LogP contribution in [0, 0.1) is 30.1 Å². The van der Waals surface area contributed by atoms with E-state index in [2.05, 4.69) is 0 Å². The molecule has 0 amide bonds. The SMILES string of the molecule is COc1ccc(C)cc1CC(=O)OCC(=O)C12CC3CC(CC(C3)C1)C2. The Balaban J connectivity index is 1.36. The van der Waals surface area contributed by atoms with Gasteiger partial charge in [0.15, 0.2) is 12.4 Å². The van der Waals surface area contributed by atoms with Gasteiger partial charge in [-0.2, -0.15) is 0 Å². The summed E-state index contributed by atoms with van der Waals surface area (Å²) in [7, 11) is 1.59. The van der Waals surface area contributed by atoms with Gasteiger partial charge in [-0.1, -0.05) is 17.7 Å². The van der Waals surface area contributed by atoms with Gasteiger partial charge < -0.3 is 9.47 Å². The normalized spacial score (nSPS) is 31.7. The van der Waals surface area contributed by atoms with E-state index in [1.165, 1.54) is 19.3 Å². The summed E-state index contributed by atoms with van der Waals surface area (Å²) in [5.41, 5.74) is 1.67. The van der Waals surface area contributed by atoms with E-state index in [0.29, 0.717) is 5.75 Å². The summed E-state index contributed by atoms with van der Waals surface area (Å²) in [6.45, 7) is 1.91. The number of hydrogen-bond donors (Lipinski definition) is 0. The van der Waals surface area contributed by atoms with Gasteiger partial charge in [-0.3, -0.25) is 9.59 Å². The third kappa shape index (κ3) is 3.26. The van der Waals surface area contributed by atoms with Crippen molar-refractivity contribution in [1.29, 1.82) is 0 Å². The Kier molecular flexibility index (Phi) is 4.54. The van der Waals surface area contributed by atoms with Crippen LogP contribution in [0.25, 0.3) is 0 Å². The van der Waals surface area contributed by atoms with Crippen molar-refractivity contribution in [2.45, 2.75) is 51.9 Å². The Morgan fingerprint density at radius 1 is 1.08 bits per heavy atom. The molecule has 140 valence electrons. The number of Topliss-reactive ketones (excluding diaryl/α,β-unsaturated/α-hetero) is 1. The van der Waals surface area contributed by atoms with Crippen LogP contribution in [0.5, 0.6) is 5.75 Å². The van der Waals surface area contributed by atoms with E-state index >= 15 is 0 Å². The van der Waals surface area contributed by atoms with Crippen molar-refractivity contribution >= 4 is 11.8 Å². The van der Waals surface area contributed by atoms with E-state index in [4.69, 9.17) is 9.47 Å². The number of esters is 1. The van der Waals surface area contributed by atoms with Gasteiger partial charge in [0, 0.05) is 11.0 Å². The number of rotatable bonds is 6. The molecule has 26 heavy (non-hydrogen) atoms. The zero-order valence-electron chi connectivity index (χ0n) is 15.8. The minimum absolute atomic E-state index is 0.0703. The van der Waals surface area contributed by atoms with E-state index in [0.717, 1.165) is 48.1 Å². The van der Waals surface area contributed by atoms with E-state index in [-0.39, 0.29) is 30.2 Å². The molecule has 4 saturated carbocycles. The van der Waals surface area contributed by atoms with Gasteiger partial charge in [-0.05, 0) is 69.3 Å². The van der Waals surface area contributed by atoms with Crippen LogP contribution in [-0.4, -0.2) is 25.5 Å². The van der Waals surface area contributed by atoms with Gasteiger partial charge in [-0.25, -0.2) is 0 Å². The van der Waals surface area contributed by atoms with Crippen molar-refractivity contribution < 1.29 is 19.1 Å². The highest BCUT2D eigenvalue weighted by molar-refractivity contribution is 5.88. The molecule has 0 aliphatic heterocycles. The van der Waals surface area contributed by atoms with Gasteiger partial charge in [-0.15, -0.1) is 0 Å². The maximum Gasteiger partial charge on any atom is 0.310 e. The second-order valence-electron chi connectivity index (χ2n) is 8.77. The maximum atomic E-state index is 12.9. The number of ketones is 1. The van der Waals surface area contributed by atoms with Crippen LogP contribution in [0.2, 0.25) is 0 Å². The molecule has 0 aromatic heterocycles. The average Bonchev–Trinajstić information content (AvgIpc) is 2.58. The number of benzene rings is 1. The lowest BCUT2D eigenvalue weighted by molar-refractivity contribution is -0.157. The highest BCUT2D eigenvalue weighted by Gasteiger charge is 2.54. The molecule has 0 saturated heterocycles. The summed E-state index contributed by atoms with van der Waals surface area (Å²) in [5.74, 6) is 2.64. The summed E-state index contributed by atoms with van der Waals surface area (Å²) in [6, 6.07) is 5.74. The molecule has 0 atom stereocenters. The van der Waals surface area contributed by atoms with Crippen molar-refractivity contribution in [3.8, 4) is 5.75 Å². The minimum Gasteiger partial charge on any atom is -0.496 e. The Hall–Kier alpha value is -1.84. The Labute approximate surface area is 155 Å². The van der Waals surface area contributed by atoms with Gasteiger partial charge >= 0.3 is 5.97 Å². The summed E-state index contributed by atoms with van der Waals surface area (Å²) in [6.07, 6.45) is 7.10. The Bertz CT molecular complexity index is 686. The van der Waals surface area contributed by atoms with Gasteiger partial charge in [0.05, 0.1) is 13.5 Å². The fourth-order valence-corrected chi connectivity index (χ4v) is 6.00. The molecule has 4 bridgehead atoms. The zero-order chi connectivity index (χ0) is 18.3. The first-order valence-corrected chi connectivity index (χ1v) is 9.80. The molecule has 0 N–H and O–H groups in total. The third-order valence-electron chi connectivity index (χ3n) is 6.76. The largest absolute Gasteiger partial charge is 0.496 e. The van der Waals surface area contributed by atoms with E-state index in [9.17, 15) is 9.59 Å². The molecule has 4 heteroatoms. The van der Waals surface area contributed by atoms with E-state index in [1.54, 1.807) is 7.11 Å². The first-order chi connectivity index (χ1) is 12.5. The van der Waals surface area contributed by atoms with Crippen LogP contribution < -0.4 is 4.74 Å². The lowest BCUT2D eigenvalue weighted by Gasteiger charge is -2.55. The molecule has 4 aliphatic carbocycles. The lowest BCUT2D eigenvalue weighted by atomic mass is 9.48. The summed E-state index contributed by atoms with van der Waals surface area (Å²) >= 11 is 0. The van der Waals surface area contributed by atoms with Gasteiger partial charge in [0.25, 0.3) is 0 Å². The molecule has 0 spiro atoms. The van der Waals surface area contributed by atoms with Crippen LogP contribution in [0.15, 0.2) is 18.2 Å². The molecule has 4 fully saturated rings. The van der Waals surface area contributed by atoms with E-state index < -0.39 is 0 Å². The van der Waals surface area contributed by atoms with Crippen molar-refractivity contribution in [3.05, 3.63) is 29.3 Å². The quantitative estimate of drug-likeness (QED) is 0.726. The Morgan fingerprint density at radius 3 is 2.27 bits per heavy atom. The number of hydrogen-bond acceptors (Lipinski definition) is 4. The molecule has 1 aromatic carbocycles. The topological polar surface area (TPSA) is 52.6 Å². The number of ether oxygens (including phenoxy) is 2. The van der Waals surface area contributed by atoms with Crippen molar-refractivity contribution in [1.82, 2.24) is 0 Å². The number of methoxy groups -OCH3 is 1. The van der Waals surface area contributed by atoms with Crippen LogP contribution in [0.4, 0.5) is 0 Å². The predicted octanol–water partition coefficient (Wildman–Crippen LogP) is 3.87. The van der Waals surface area contributed by atoms with Crippen LogP contribution in [0.1, 0.15) is 49.7 Å². The fraction of sp³-hybridized carbons (Fsp3) is 0.636. The Morgan fingerprint density at radius 2 is 1.69 bits per heavy atom. The van der Waals surface area contributed by atoms with Crippen molar-refractivity contribution in [2.75, 3.05) is 13.7 Å². The summed E-state index contributed by atoms with van der Waals surface area (Å²) < 4.78 is 10.7. The standard InChI is InChI=1S/C22H28O4/c1-14-3-4-19(25-2)18(5-14)9-21(24)26-13-20(23)22-10-15-6-16(11-22)8-17(7-15)12-22/h3-5,15-17H,6-13H2,1-2H3. The molecule has 0 unspecified atom stereocenters. The second kappa shape index (κ2) is 6.71. The molecule has 5 rings (SSSR count). The monoisotopic (exact) mass is 356 g/mol. The summed E-state index contributed by atoms with van der Waals surface area (Å²) in [5, 5.41) is 0. The molecule has 0 heterocycles. The molecular weight excluding hydrogens is 328 g/mol. The van der Waals surface area contributed by atoms with Gasteiger partial charge in [0.1, 0.15) is 5.75 Å². The lowest BCUT2D eigenvalue weighted by Crippen LogP contribution is -2.51. The molecule has 4 aliphatic rings. The zero-order valence-corrected chi connectivity index (χ0v) is 15.8. The predicted molar refractivity (Wildman–Crippen MR) is 98.0 cm³/mol. The summed E-state index contributed by atoms with van der Waals surface area (Å²) in [4.78, 5) is 25.2. The average molecular weight is 356 g/mol. The highest BCUT2D eigenvalue weighted by Crippen LogP contribution is 2.60. The fourth-order valence-electron chi connectivity index (χ4n) is 6.00. The van der Waals surface area contributed by atoms with Crippen LogP contribution in [-0.2, 0) is 20.7 Å². The van der Waals surface area contributed by atoms with Crippen molar-refractivity contribution in [2.24, 2.45) is 23.2 Å². The minimum atomic E-state index is -0.355. The highest BCUT2D eigenvalue weighted by atomic mass is 16.5. The molecule has 1 aromatic rings. The second-order valence-corrected chi connectivity index (χ2v) is 8.77. The third-order valence-corrected chi connectivity index (χ3v) is 6.76. The molecule has 4 nitrogen and oxygen atoms in total. The first-order valence-electron chi connectivity index (χ1n) is 9.80. The number of carbonyl (C=O) groups is 2. The first kappa shape index (κ1) is 17.6. The number of carbonyl (C=O) groups excluding carboxylic acids is 2. The molecular formula is C22H28O4. The van der Waals surface area contributed by atoms with E-state index in [1.807, 2.05) is 25.1 Å².